The fourth-order valence-electron chi connectivity index (χ4n) is 2.60. The van der Waals surface area contributed by atoms with Crippen molar-refractivity contribution in [1.29, 1.82) is 0 Å². The molecule has 0 aliphatic carbocycles. The lowest BCUT2D eigenvalue weighted by molar-refractivity contribution is 0.262. The fourth-order valence-corrected chi connectivity index (χ4v) is 2.60. The van der Waals surface area contributed by atoms with E-state index in [0.717, 1.165) is 18.5 Å². The minimum absolute atomic E-state index is 0.331. The van der Waals surface area contributed by atoms with Gasteiger partial charge in [0.05, 0.1) is 12.3 Å². The van der Waals surface area contributed by atoms with E-state index in [9.17, 15) is 4.79 Å². The van der Waals surface area contributed by atoms with Crippen LogP contribution in [0, 0.1) is 0 Å². The highest BCUT2D eigenvalue weighted by Gasteiger charge is 2.13. The van der Waals surface area contributed by atoms with E-state index in [-0.39, 0.29) is 6.03 Å². The van der Waals surface area contributed by atoms with E-state index >= 15 is 0 Å². The molecule has 0 atom stereocenters. The molecule has 0 bridgehead atoms. The summed E-state index contributed by atoms with van der Waals surface area (Å²) in [4.78, 5) is 14.4. The molecule has 0 fully saturated rings. The zero-order chi connectivity index (χ0) is 21.2. The molecule has 7 nitrogen and oxygen atoms in total. The van der Waals surface area contributed by atoms with E-state index in [1.54, 1.807) is 18.1 Å². The van der Waals surface area contributed by atoms with Crippen LogP contribution in [0.1, 0.15) is 12.0 Å². The Balaban J connectivity index is 2.13. The molecular weight excluding hydrogens is 366 g/mol. The number of carbonyl (C=O) groups is 1. The second-order valence-electron chi connectivity index (χ2n) is 6.77. The molecule has 0 radical (unpaired) electrons. The van der Waals surface area contributed by atoms with E-state index in [1.807, 2.05) is 56.6 Å². The van der Waals surface area contributed by atoms with Crippen LogP contribution in [0.15, 0.2) is 60.2 Å². The van der Waals surface area contributed by atoms with Gasteiger partial charge < -0.3 is 20.3 Å². The normalized spacial score (nSPS) is 10.3. The van der Waals surface area contributed by atoms with Crippen LogP contribution in [0.5, 0.6) is 5.75 Å². The number of amides is 2. The van der Waals surface area contributed by atoms with E-state index in [2.05, 4.69) is 33.9 Å². The molecular formula is C22H29N5O2. The molecule has 0 unspecified atom stereocenters. The SMILES string of the molecule is C=NN(C)C(=C)c1cc(NC(=O)Nc2ccccc2)ccc1OCCCN(C)C. The standard InChI is InChI=1S/C22H29N5O2/c1-17(27(5)23-2)20-16-19(12-13-21(20)29-15-9-14-26(3)4)25-22(28)24-18-10-7-6-8-11-18/h6-8,10-13,16H,1-2,9,14-15H2,3-5H3,(H2,24,25,28). The first-order valence-corrected chi connectivity index (χ1v) is 9.35. The summed E-state index contributed by atoms with van der Waals surface area (Å²) in [7, 11) is 5.81. The second-order valence-corrected chi connectivity index (χ2v) is 6.77. The van der Waals surface area contributed by atoms with Crippen LogP contribution in [0.4, 0.5) is 16.2 Å². The van der Waals surface area contributed by atoms with Gasteiger partial charge in [-0.05, 0) is 50.8 Å². The van der Waals surface area contributed by atoms with Crippen molar-refractivity contribution in [2.24, 2.45) is 5.10 Å². The smallest absolute Gasteiger partial charge is 0.323 e. The summed E-state index contributed by atoms with van der Waals surface area (Å²) in [6.07, 6.45) is 0.897. The van der Waals surface area contributed by atoms with E-state index in [4.69, 9.17) is 4.74 Å². The summed E-state index contributed by atoms with van der Waals surface area (Å²) >= 11 is 0. The molecule has 2 aromatic carbocycles. The number of hydrazone groups is 1. The molecule has 0 aliphatic heterocycles. The Morgan fingerprint density at radius 2 is 1.76 bits per heavy atom. The number of benzene rings is 2. The van der Waals surface area contributed by atoms with Crippen molar-refractivity contribution in [3.05, 3.63) is 60.7 Å². The summed E-state index contributed by atoms with van der Waals surface area (Å²) in [5.41, 5.74) is 2.69. The van der Waals surface area contributed by atoms with E-state index in [0.29, 0.717) is 29.4 Å². The largest absolute Gasteiger partial charge is 0.493 e. The average Bonchev–Trinajstić information content (AvgIpc) is 2.71. The number of ether oxygens (including phenoxy) is 1. The number of para-hydroxylation sites is 1. The zero-order valence-electron chi connectivity index (χ0n) is 17.3. The Hall–Kier alpha value is -3.32. The van der Waals surface area contributed by atoms with Gasteiger partial charge >= 0.3 is 6.03 Å². The number of carbonyl (C=O) groups excluding carboxylic acids is 1. The van der Waals surface area contributed by atoms with Crippen LogP contribution in [-0.4, -0.2) is 57.0 Å². The fraction of sp³-hybridized carbons (Fsp3) is 0.273. The number of nitrogens with zero attached hydrogens (tertiary/aromatic N) is 3. The second kappa shape index (κ2) is 10.9. The van der Waals surface area contributed by atoms with Crippen LogP contribution >= 0.6 is 0 Å². The van der Waals surface area contributed by atoms with Crippen LogP contribution < -0.4 is 15.4 Å². The Labute approximate surface area is 172 Å². The molecule has 2 N–H and O–H groups in total. The van der Waals surface area contributed by atoms with Gasteiger partial charge in [-0.25, -0.2) is 4.79 Å². The molecule has 7 heteroatoms. The molecule has 2 amide bonds. The number of rotatable bonds is 10. The third kappa shape index (κ3) is 6.97. The van der Waals surface area contributed by atoms with Gasteiger partial charge in [0.15, 0.2) is 0 Å². The summed E-state index contributed by atoms with van der Waals surface area (Å²) < 4.78 is 5.95. The highest BCUT2D eigenvalue weighted by Crippen LogP contribution is 2.30. The van der Waals surface area contributed by atoms with Crippen LogP contribution in [0.25, 0.3) is 5.70 Å². The van der Waals surface area contributed by atoms with E-state index in [1.165, 1.54) is 0 Å². The van der Waals surface area contributed by atoms with Crippen molar-refractivity contribution in [3.8, 4) is 5.75 Å². The Kier molecular flexibility index (Phi) is 8.24. The number of hydrogen-bond acceptors (Lipinski definition) is 5. The van der Waals surface area contributed by atoms with Gasteiger partial charge in [-0.2, -0.15) is 5.10 Å². The van der Waals surface area contributed by atoms with Gasteiger partial charge in [0.25, 0.3) is 0 Å². The molecule has 0 heterocycles. The van der Waals surface area contributed by atoms with Crippen molar-refractivity contribution < 1.29 is 9.53 Å². The molecule has 0 aromatic heterocycles. The minimum atomic E-state index is -0.331. The van der Waals surface area contributed by atoms with Crippen LogP contribution in [-0.2, 0) is 0 Å². The van der Waals surface area contributed by atoms with Crippen molar-refractivity contribution in [2.45, 2.75) is 6.42 Å². The minimum Gasteiger partial charge on any atom is -0.493 e. The molecule has 0 spiro atoms. The van der Waals surface area contributed by atoms with E-state index < -0.39 is 0 Å². The molecule has 154 valence electrons. The van der Waals surface area contributed by atoms with Gasteiger partial charge in [-0.1, -0.05) is 24.8 Å². The lowest BCUT2D eigenvalue weighted by Crippen LogP contribution is -2.19. The van der Waals surface area contributed by atoms with Gasteiger partial charge in [-0.3, -0.25) is 5.01 Å². The molecule has 2 aromatic rings. The van der Waals surface area contributed by atoms with Crippen LogP contribution in [0.2, 0.25) is 0 Å². The number of nitrogens with one attached hydrogen (secondary N) is 2. The molecule has 0 saturated heterocycles. The van der Waals surface area contributed by atoms with Gasteiger partial charge in [-0.15, -0.1) is 0 Å². The summed E-state index contributed by atoms with van der Waals surface area (Å²) in [6, 6.07) is 14.4. The topological polar surface area (TPSA) is 69.2 Å². The Morgan fingerprint density at radius 3 is 2.41 bits per heavy atom. The lowest BCUT2D eigenvalue weighted by atomic mass is 10.1. The van der Waals surface area contributed by atoms with Gasteiger partial charge in [0.2, 0.25) is 0 Å². The maximum absolute atomic E-state index is 12.3. The quantitative estimate of drug-likeness (QED) is 0.360. The van der Waals surface area contributed by atoms with Crippen molar-refractivity contribution in [1.82, 2.24) is 9.91 Å². The summed E-state index contributed by atoms with van der Waals surface area (Å²) in [6.45, 7) is 9.12. The number of hydrogen-bond donors (Lipinski definition) is 2. The predicted octanol–water partition coefficient (Wildman–Crippen LogP) is 4.18. The summed E-state index contributed by atoms with van der Waals surface area (Å²) in [5, 5.41) is 11.1. The highest BCUT2D eigenvalue weighted by atomic mass is 16.5. The first-order chi connectivity index (χ1) is 13.9. The Bertz CT molecular complexity index is 836. The summed E-state index contributed by atoms with van der Waals surface area (Å²) in [5.74, 6) is 0.679. The Morgan fingerprint density at radius 1 is 1.07 bits per heavy atom. The predicted molar refractivity (Wildman–Crippen MR) is 121 cm³/mol. The van der Waals surface area contributed by atoms with Crippen molar-refractivity contribution in [2.75, 3.05) is 44.9 Å². The lowest BCUT2D eigenvalue weighted by Gasteiger charge is -2.20. The molecule has 2 rings (SSSR count). The van der Waals surface area contributed by atoms with Gasteiger partial charge in [0, 0.05) is 37.2 Å². The third-order valence-corrected chi connectivity index (χ3v) is 4.19. The van der Waals surface area contributed by atoms with Gasteiger partial charge in [0.1, 0.15) is 5.75 Å². The molecule has 0 aliphatic rings. The highest BCUT2D eigenvalue weighted by molar-refractivity contribution is 6.00. The first kappa shape index (κ1) is 22.0. The zero-order valence-corrected chi connectivity index (χ0v) is 17.3. The maximum atomic E-state index is 12.3. The third-order valence-electron chi connectivity index (χ3n) is 4.19. The van der Waals surface area contributed by atoms with Crippen molar-refractivity contribution in [3.63, 3.8) is 0 Å². The first-order valence-electron chi connectivity index (χ1n) is 9.35. The monoisotopic (exact) mass is 395 g/mol. The average molecular weight is 396 g/mol. The number of anilines is 2. The molecule has 29 heavy (non-hydrogen) atoms. The molecule has 0 saturated carbocycles. The van der Waals surface area contributed by atoms with Crippen LogP contribution in [0.3, 0.4) is 0 Å². The number of urea groups is 1. The van der Waals surface area contributed by atoms with Crippen molar-refractivity contribution >= 4 is 29.8 Å². The maximum Gasteiger partial charge on any atom is 0.323 e.